The van der Waals surface area contributed by atoms with Gasteiger partial charge in [0.25, 0.3) is 0 Å². The van der Waals surface area contributed by atoms with Crippen molar-refractivity contribution in [3.05, 3.63) is 0 Å². The molecule has 6 nitrogen and oxygen atoms in total. The van der Waals surface area contributed by atoms with Crippen molar-refractivity contribution in [3.8, 4) is 0 Å². The maximum Gasteiger partial charge on any atom is 0.318 e. The first-order chi connectivity index (χ1) is 9.90. The third-order valence-electron chi connectivity index (χ3n) is 5.38. The Morgan fingerprint density at radius 2 is 2.00 bits per heavy atom. The molecule has 4 atom stereocenters. The zero-order chi connectivity index (χ0) is 15.2. The first-order valence-corrected chi connectivity index (χ1v) is 7.79. The summed E-state index contributed by atoms with van der Waals surface area (Å²) in [5.74, 6) is -0.634. The van der Waals surface area contributed by atoms with E-state index in [9.17, 15) is 14.7 Å². The monoisotopic (exact) mass is 296 g/mol. The van der Waals surface area contributed by atoms with Crippen molar-refractivity contribution in [3.63, 3.8) is 0 Å². The van der Waals surface area contributed by atoms with Crippen molar-refractivity contribution in [2.45, 2.75) is 44.7 Å². The highest BCUT2D eigenvalue weighted by Gasteiger charge is 2.52. The minimum Gasteiger partial charge on any atom is -0.481 e. The summed E-state index contributed by atoms with van der Waals surface area (Å²) in [6.45, 7) is 5.55. The number of nitrogens with one attached hydrogen (secondary N) is 1. The van der Waals surface area contributed by atoms with Crippen LogP contribution in [-0.4, -0.2) is 53.3 Å². The van der Waals surface area contributed by atoms with E-state index < -0.39 is 11.9 Å². The first kappa shape index (κ1) is 14.6. The fourth-order valence-electron chi connectivity index (χ4n) is 4.31. The molecule has 2 saturated carbocycles. The number of ether oxygens (including phenoxy) is 1. The molecule has 118 valence electrons. The van der Waals surface area contributed by atoms with Crippen LogP contribution in [-0.2, 0) is 9.53 Å². The quantitative estimate of drug-likeness (QED) is 0.805. The minimum atomic E-state index is -0.770. The van der Waals surface area contributed by atoms with E-state index in [2.05, 4.69) is 5.32 Å². The van der Waals surface area contributed by atoms with Gasteiger partial charge in [0.1, 0.15) is 0 Å². The second-order valence-corrected chi connectivity index (χ2v) is 7.19. The summed E-state index contributed by atoms with van der Waals surface area (Å²) in [5.41, 5.74) is -0.349. The molecule has 4 unspecified atom stereocenters. The van der Waals surface area contributed by atoms with Gasteiger partial charge in [-0.2, -0.15) is 0 Å². The van der Waals surface area contributed by atoms with Crippen LogP contribution in [0.3, 0.4) is 0 Å². The van der Waals surface area contributed by atoms with Crippen molar-refractivity contribution in [2.24, 2.45) is 17.8 Å². The Balaban J connectivity index is 1.70. The Bertz CT molecular complexity index is 451. The van der Waals surface area contributed by atoms with Crippen LogP contribution in [0.2, 0.25) is 0 Å². The van der Waals surface area contributed by atoms with Crippen molar-refractivity contribution >= 4 is 12.0 Å². The molecule has 3 rings (SSSR count). The highest BCUT2D eigenvalue weighted by atomic mass is 16.5. The van der Waals surface area contributed by atoms with Crippen molar-refractivity contribution in [2.75, 3.05) is 19.8 Å². The molecule has 2 bridgehead atoms. The third kappa shape index (κ3) is 2.50. The zero-order valence-corrected chi connectivity index (χ0v) is 12.7. The summed E-state index contributed by atoms with van der Waals surface area (Å²) in [6, 6.07) is -0.362. The number of hydrogen-bond acceptors (Lipinski definition) is 3. The number of carboxylic acids is 1. The molecular weight excluding hydrogens is 272 g/mol. The molecule has 1 saturated heterocycles. The van der Waals surface area contributed by atoms with Crippen LogP contribution in [0.4, 0.5) is 4.79 Å². The summed E-state index contributed by atoms with van der Waals surface area (Å²) in [5, 5.41) is 12.5. The van der Waals surface area contributed by atoms with Gasteiger partial charge in [-0.1, -0.05) is 0 Å². The lowest BCUT2D eigenvalue weighted by atomic mass is 9.84. The van der Waals surface area contributed by atoms with E-state index in [0.717, 1.165) is 19.3 Å². The van der Waals surface area contributed by atoms with E-state index in [1.165, 1.54) is 0 Å². The van der Waals surface area contributed by atoms with E-state index in [4.69, 9.17) is 4.74 Å². The number of amides is 2. The fourth-order valence-corrected chi connectivity index (χ4v) is 4.31. The van der Waals surface area contributed by atoms with Crippen LogP contribution in [0.15, 0.2) is 0 Å². The number of nitrogens with zero attached hydrogens (tertiary/aromatic N) is 1. The molecule has 2 aliphatic carbocycles. The lowest BCUT2D eigenvalue weighted by Crippen LogP contribution is -2.61. The molecule has 0 spiro atoms. The van der Waals surface area contributed by atoms with Gasteiger partial charge < -0.3 is 20.1 Å². The standard InChI is InChI=1S/C15H24N2O4/c1-15(2)8-21-6-5-17(15)14(20)16-12-10-4-3-9(7-10)11(12)13(18)19/h9-12H,3-8H2,1-2H3,(H,16,20)(H,18,19). The smallest absolute Gasteiger partial charge is 0.318 e. The maximum absolute atomic E-state index is 12.6. The molecular formula is C15H24N2O4. The number of hydrogen-bond donors (Lipinski definition) is 2. The van der Waals surface area contributed by atoms with Gasteiger partial charge in [0.2, 0.25) is 0 Å². The van der Waals surface area contributed by atoms with Gasteiger partial charge in [-0.3, -0.25) is 4.79 Å². The number of fused-ring (bicyclic) bond motifs is 2. The topological polar surface area (TPSA) is 78.9 Å². The van der Waals surface area contributed by atoms with Crippen LogP contribution in [0.25, 0.3) is 0 Å². The first-order valence-electron chi connectivity index (χ1n) is 7.79. The fraction of sp³-hybridized carbons (Fsp3) is 0.867. The highest BCUT2D eigenvalue weighted by molar-refractivity contribution is 5.78. The van der Waals surface area contributed by atoms with Gasteiger partial charge in [-0.15, -0.1) is 0 Å². The van der Waals surface area contributed by atoms with E-state index in [1.807, 2.05) is 13.8 Å². The Morgan fingerprint density at radius 3 is 2.67 bits per heavy atom. The maximum atomic E-state index is 12.6. The summed E-state index contributed by atoms with van der Waals surface area (Å²) in [6.07, 6.45) is 2.96. The second kappa shape index (κ2) is 5.16. The number of rotatable bonds is 2. The lowest BCUT2D eigenvalue weighted by molar-refractivity contribution is -0.144. The SMILES string of the molecule is CC1(C)COCCN1C(=O)NC1C2CCC(C2)C1C(=O)O. The van der Waals surface area contributed by atoms with Crippen molar-refractivity contribution < 1.29 is 19.4 Å². The molecule has 1 aliphatic heterocycles. The van der Waals surface area contributed by atoms with Gasteiger partial charge in [0.05, 0.1) is 24.7 Å². The minimum absolute atomic E-state index is 0.146. The number of carbonyl (C=O) groups is 2. The summed E-state index contributed by atoms with van der Waals surface area (Å²) in [4.78, 5) is 25.9. The highest BCUT2D eigenvalue weighted by Crippen LogP contribution is 2.48. The molecule has 0 aromatic heterocycles. The average molecular weight is 296 g/mol. The number of urea groups is 1. The van der Waals surface area contributed by atoms with Gasteiger partial charge in [-0.05, 0) is 44.9 Å². The summed E-state index contributed by atoms with van der Waals surface area (Å²) >= 11 is 0. The number of carboxylic acid groups (broad SMARTS) is 1. The molecule has 21 heavy (non-hydrogen) atoms. The molecule has 0 radical (unpaired) electrons. The van der Waals surface area contributed by atoms with Crippen LogP contribution >= 0.6 is 0 Å². The molecule has 6 heteroatoms. The number of morpholine rings is 1. The molecule has 0 aromatic carbocycles. The van der Waals surface area contributed by atoms with Crippen LogP contribution in [0.5, 0.6) is 0 Å². The Morgan fingerprint density at radius 1 is 1.29 bits per heavy atom. The van der Waals surface area contributed by atoms with Crippen molar-refractivity contribution in [1.29, 1.82) is 0 Å². The lowest BCUT2D eigenvalue weighted by Gasteiger charge is -2.43. The summed E-state index contributed by atoms with van der Waals surface area (Å²) in [7, 11) is 0. The molecule has 1 heterocycles. The van der Waals surface area contributed by atoms with Gasteiger partial charge in [0, 0.05) is 12.6 Å². The van der Waals surface area contributed by atoms with E-state index >= 15 is 0 Å². The third-order valence-corrected chi connectivity index (χ3v) is 5.38. The Labute approximate surface area is 124 Å². The Hall–Kier alpha value is -1.30. The largest absolute Gasteiger partial charge is 0.481 e. The van der Waals surface area contributed by atoms with Crippen LogP contribution in [0.1, 0.15) is 33.1 Å². The van der Waals surface area contributed by atoms with Gasteiger partial charge in [0.15, 0.2) is 0 Å². The molecule has 3 aliphatic rings. The zero-order valence-electron chi connectivity index (χ0n) is 12.7. The molecule has 2 amide bonds. The number of aliphatic carboxylic acids is 1. The van der Waals surface area contributed by atoms with E-state index in [0.29, 0.717) is 25.7 Å². The molecule has 2 N–H and O–H groups in total. The van der Waals surface area contributed by atoms with E-state index in [1.54, 1.807) is 4.90 Å². The van der Waals surface area contributed by atoms with Crippen LogP contribution in [0, 0.1) is 17.8 Å². The summed E-state index contributed by atoms with van der Waals surface area (Å²) < 4.78 is 5.43. The van der Waals surface area contributed by atoms with Gasteiger partial charge >= 0.3 is 12.0 Å². The predicted octanol–water partition coefficient (Wildman–Crippen LogP) is 1.31. The van der Waals surface area contributed by atoms with Crippen molar-refractivity contribution in [1.82, 2.24) is 10.2 Å². The molecule has 0 aromatic rings. The normalized spacial score (nSPS) is 37.5. The Kier molecular flexibility index (Phi) is 3.59. The molecule has 3 fully saturated rings. The van der Waals surface area contributed by atoms with Crippen LogP contribution < -0.4 is 5.32 Å². The van der Waals surface area contributed by atoms with Gasteiger partial charge in [-0.25, -0.2) is 4.79 Å². The predicted molar refractivity (Wildman–Crippen MR) is 75.9 cm³/mol. The van der Waals surface area contributed by atoms with E-state index in [-0.39, 0.29) is 23.5 Å². The average Bonchev–Trinajstić information content (AvgIpc) is 2.98. The second-order valence-electron chi connectivity index (χ2n) is 7.19. The number of carbonyl (C=O) groups excluding carboxylic acids is 1.